The van der Waals surface area contributed by atoms with Gasteiger partial charge in [0, 0.05) is 31.1 Å². The molecule has 0 radical (unpaired) electrons. The molecule has 4 aromatic rings. The van der Waals surface area contributed by atoms with E-state index in [4.69, 9.17) is 5.73 Å². The SMILES string of the molecule is CC(C)n1ncc2c(C(=O)N[C@@H](C)c3ccccc3)cc(-c3cccc(CNCCN)c3)cc21. The van der Waals surface area contributed by atoms with Crippen molar-refractivity contribution in [1.29, 1.82) is 0 Å². The topological polar surface area (TPSA) is 85.0 Å². The number of amides is 1. The standard InChI is InChI=1S/C28H33N5O/c1-19(2)33-27-16-24(23-11-7-8-21(14-23)17-30-13-12-29)15-25(26(27)18-31-33)28(34)32-20(3)22-9-5-4-6-10-22/h4-11,14-16,18-20,30H,12-13,17,29H2,1-3H3,(H,32,34)/t20-/m0/s1. The minimum Gasteiger partial charge on any atom is -0.345 e. The maximum absolute atomic E-state index is 13.5. The van der Waals surface area contributed by atoms with E-state index in [1.165, 1.54) is 5.56 Å². The van der Waals surface area contributed by atoms with Gasteiger partial charge in [-0.25, -0.2) is 0 Å². The van der Waals surface area contributed by atoms with Gasteiger partial charge in [-0.15, -0.1) is 0 Å². The van der Waals surface area contributed by atoms with Crippen LogP contribution in [0.3, 0.4) is 0 Å². The van der Waals surface area contributed by atoms with Crippen molar-refractivity contribution in [2.75, 3.05) is 13.1 Å². The predicted molar refractivity (Wildman–Crippen MR) is 139 cm³/mol. The molecule has 0 unspecified atom stereocenters. The lowest BCUT2D eigenvalue weighted by atomic mass is 9.97. The van der Waals surface area contributed by atoms with Crippen LogP contribution in [-0.4, -0.2) is 28.8 Å². The number of nitrogens with zero attached hydrogens (tertiary/aromatic N) is 2. The van der Waals surface area contributed by atoms with Gasteiger partial charge in [0.1, 0.15) is 0 Å². The second-order valence-electron chi connectivity index (χ2n) is 8.91. The van der Waals surface area contributed by atoms with Crippen LogP contribution in [-0.2, 0) is 6.54 Å². The lowest BCUT2D eigenvalue weighted by Crippen LogP contribution is -2.26. The van der Waals surface area contributed by atoms with E-state index >= 15 is 0 Å². The first kappa shape index (κ1) is 23.7. The molecule has 6 nitrogen and oxygen atoms in total. The van der Waals surface area contributed by atoms with E-state index in [-0.39, 0.29) is 18.0 Å². The first-order chi connectivity index (χ1) is 16.5. The van der Waals surface area contributed by atoms with Gasteiger partial charge >= 0.3 is 0 Å². The first-order valence-corrected chi connectivity index (χ1v) is 11.8. The summed E-state index contributed by atoms with van der Waals surface area (Å²) in [5.41, 5.74) is 11.5. The quantitative estimate of drug-likeness (QED) is 0.316. The van der Waals surface area contributed by atoms with E-state index < -0.39 is 0 Å². The van der Waals surface area contributed by atoms with Crippen LogP contribution < -0.4 is 16.4 Å². The summed E-state index contributed by atoms with van der Waals surface area (Å²) in [5, 5.41) is 12.0. The number of rotatable bonds is 9. The van der Waals surface area contributed by atoms with E-state index in [9.17, 15) is 4.79 Å². The molecular weight excluding hydrogens is 422 g/mol. The molecule has 1 aromatic heterocycles. The van der Waals surface area contributed by atoms with Gasteiger partial charge in [0.2, 0.25) is 0 Å². The van der Waals surface area contributed by atoms with Gasteiger partial charge in [0.15, 0.2) is 0 Å². The van der Waals surface area contributed by atoms with E-state index in [2.05, 4.69) is 59.9 Å². The number of carbonyl (C=O) groups excluding carboxylic acids is 1. The molecule has 0 spiro atoms. The van der Waals surface area contributed by atoms with E-state index in [0.717, 1.165) is 40.7 Å². The number of carbonyl (C=O) groups is 1. The maximum atomic E-state index is 13.5. The van der Waals surface area contributed by atoms with Gasteiger partial charge in [0.25, 0.3) is 5.91 Å². The zero-order valence-corrected chi connectivity index (χ0v) is 20.1. The van der Waals surface area contributed by atoms with Crippen LogP contribution in [0.4, 0.5) is 0 Å². The summed E-state index contributed by atoms with van der Waals surface area (Å²) in [4.78, 5) is 13.5. The van der Waals surface area contributed by atoms with Crippen molar-refractivity contribution in [1.82, 2.24) is 20.4 Å². The minimum atomic E-state index is -0.107. The highest BCUT2D eigenvalue weighted by Gasteiger charge is 2.19. The molecule has 0 fully saturated rings. The molecule has 4 N–H and O–H groups in total. The van der Waals surface area contributed by atoms with Crippen LogP contribution >= 0.6 is 0 Å². The molecule has 1 amide bonds. The number of benzene rings is 3. The summed E-state index contributed by atoms with van der Waals surface area (Å²) < 4.78 is 1.98. The van der Waals surface area contributed by atoms with Crippen LogP contribution in [0, 0.1) is 0 Å². The third kappa shape index (κ3) is 5.19. The monoisotopic (exact) mass is 455 g/mol. The molecule has 0 saturated heterocycles. The zero-order chi connectivity index (χ0) is 24.1. The third-order valence-corrected chi connectivity index (χ3v) is 6.01. The first-order valence-electron chi connectivity index (χ1n) is 11.8. The van der Waals surface area contributed by atoms with Crippen LogP contribution in [0.15, 0.2) is 72.9 Å². The fourth-order valence-corrected chi connectivity index (χ4v) is 4.21. The van der Waals surface area contributed by atoms with Crippen LogP contribution in [0.5, 0.6) is 0 Å². The average Bonchev–Trinajstić information content (AvgIpc) is 3.29. The number of fused-ring (bicyclic) bond motifs is 1. The van der Waals surface area contributed by atoms with E-state index in [1.807, 2.05) is 48.0 Å². The molecule has 0 bridgehead atoms. The Morgan fingerprint density at radius 2 is 1.79 bits per heavy atom. The Labute approximate surface area is 201 Å². The molecule has 0 aliphatic rings. The summed E-state index contributed by atoms with van der Waals surface area (Å²) in [6.07, 6.45) is 1.80. The molecule has 0 aliphatic heterocycles. The lowest BCUT2D eigenvalue weighted by molar-refractivity contribution is 0.0941. The maximum Gasteiger partial charge on any atom is 0.252 e. The highest BCUT2D eigenvalue weighted by Crippen LogP contribution is 2.30. The molecule has 0 aliphatic carbocycles. The predicted octanol–water partition coefficient (Wildman–Crippen LogP) is 4.82. The van der Waals surface area contributed by atoms with Crippen LogP contribution in [0.25, 0.3) is 22.0 Å². The van der Waals surface area contributed by atoms with Gasteiger partial charge in [-0.1, -0.05) is 48.5 Å². The van der Waals surface area contributed by atoms with Gasteiger partial charge in [-0.2, -0.15) is 5.10 Å². The fraction of sp³-hybridized carbons (Fsp3) is 0.286. The third-order valence-electron chi connectivity index (χ3n) is 6.01. The summed E-state index contributed by atoms with van der Waals surface area (Å²) in [6.45, 7) is 8.33. The summed E-state index contributed by atoms with van der Waals surface area (Å²) in [7, 11) is 0. The Balaban J connectivity index is 1.73. The lowest BCUT2D eigenvalue weighted by Gasteiger charge is -2.16. The van der Waals surface area contributed by atoms with Crippen molar-refractivity contribution in [3.05, 3.63) is 89.6 Å². The Morgan fingerprint density at radius 1 is 1.00 bits per heavy atom. The molecule has 6 heteroatoms. The molecule has 4 rings (SSSR count). The van der Waals surface area contributed by atoms with E-state index in [1.54, 1.807) is 6.20 Å². The summed E-state index contributed by atoms with van der Waals surface area (Å²) in [6, 6.07) is 22.6. The molecule has 3 aromatic carbocycles. The summed E-state index contributed by atoms with van der Waals surface area (Å²) in [5.74, 6) is -0.104. The Hall–Kier alpha value is -3.48. The Morgan fingerprint density at radius 3 is 2.53 bits per heavy atom. The summed E-state index contributed by atoms with van der Waals surface area (Å²) >= 11 is 0. The second-order valence-corrected chi connectivity index (χ2v) is 8.91. The van der Waals surface area contributed by atoms with Gasteiger partial charge < -0.3 is 16.4 Å². The van der Waals surface area contributed by atoms with Crippen molar-refractivity contribution in [2.24, 2.45) is 5.73 Å². The smallest absolute Gasteiger partial charge is 0.252 e. The number of hydrogen-bond acceptors (Lipinski definition) is 4. The minimum absolute atomic E-state index is 0.104. The molecule has 1 heterocycles. The zero-order valence-electron chi connectivity index (χ0n) is 20.1. The molecule has 176 valence electrons. The highest BCUT2D eigenvalue weighted by molar-refractivity contribution is 6.08. The largest absolute Gasteiger partial charge is 0.345 e. The number of aromatic nitrogens is 2. The normalized spacial score (nSPS) is 12.3. The fourth-order valence-electron chi connectivity index (χ4n) is 4.21. The average molecular weight is 456 g/mol. The number of nitrogens with two attached hydrogens (primary N) is 1. The van der Waals surface area contributed by atoms with E-state index in [0.29, 0.717) is 12.1 Å². The highest BCUT2D eigenvalue weighted by atomic mass is 16.1. The molecule has 34 heavy (non-hydrogen) atoms. The Bertz CT molecular complexity index is 1260. The molecule has 1 atom stereocenters. The van der Waals surface area contributed by atoms with Gasteiger partial charge in [-0.05, 0) is 61.2 Å². The molecular formula is C28H33N5O. The van der Waals surface area contributed by atoms with Crippen molar-refractivity contribution in [3.63, 3.8) is 0 Å². The molecule has 0 saturated carbocycles. The van der Waals surface area contributed by atoms with Crippen LogP contribution in [0.2, 0.25) is 0 Å². The van der Waals surface area contributed by atoms with Gasteiger partial charge in [-0.3, -0.25) is 9.48 Å². The number of hydrogen-bond donors (Lipinski definition) is 3. The second kappa shape index (κ2) is 10.6. The van der Waals surface area contributed by atoms with Crippen molar-refractivity contribution in [2.45, 2.75) is 39.4 Å². The Kier molecular flexibility index (Phi) is 7.40. The van der Waals surface area contributed by atoms with Crippen LogP contribution in [0.1, 0.15) is 54.3 Å². The van der Waals surface area contributed by atoms with Crippen molar-refractivity contribution >= 4 is 16.8 Å². The van der Waals surface area contributed by atoms with Crippen molar-refractivity contribution < 1.29 is 4.79 Å². The van der Waals surface area contributed by atoms with Crippen molar-refractivity contribution in [3.8, 4) is 11.1 Å². The van der Waals surface area contributed by atoms with Gasteiger partial charge in [0.05, 0.1) is 23.3 Å². The number of nitrogens with one attached hydrogen (secondary N) is 2.